The smallest absolute Gasteiger partial charge is 0.220 e. The second-order valence-electron chi connectivity index (χ2n) is 5.78. The SMILES string of the molecule is COc1ccc(C(=O)CCC(=O)NCC2CNCC2O)cc1OC. The van der Waals surface area contributed by atoms with E-state index in [1.807, 2.05) is 0 Å². The Labute approximate surface area is 141 Å². The summed E-state index contributed by atoms with van der Waals surface area (Å²) in [6.45, 7) is 1.65. The topological polar surface area (TPSA) is 96.9 Å². The van der Waals surface area contributed by atoms with Crippen LogP contribution >= 0.6 is 0 Å². The minimum Gasteiger partial charge on any atom is -0.493 e. The van der Waals surface area contributed by atoms with Crippen molar-refractivity contribution in [3.05, 3.63) is 23.8 Å². The fourth-order valence-electron chi connectivity index (χ4n) is 2.64. The second kappa shape index (κ2) is 8.65. The van der Waals surface area contributed by atoms with E-state index in [0.29, 0.717) is 36.7 Å². The first kappa shape index (κ1) is 18.2. The largest absolute Gasteiger partial charge is 0.493 e. The van der Waals surface area contributed by atoms with Crippen molar-refractivity contribution in [2.24, 2.45) is 5.92 Å². The van der Waals surface area contributed by atoms with Gasteiger partial charge >= 0.3 is 0 Å². The molecule has 0 bridgehead atoms. The minimum absolute atomic E-state index is 0.0236. The molecule has 1 fully saturated rings. The number of carbonyl (C=O) groups excluding carboxylic acids is 2. The molecule has 1 aromatic rings. The second-order valence-corrected chi connectivity index (χ2v) is 5.78. The molecule has 0 radical (unpaired) electrons. The molecule has 1 heterocycles. The number of aliphatic hydroxyl groups excluding tert-OH is 1. The maximum atomic E-state index is 12.2. The molecule has 7 heteroatoms. The van der Waals surface area contributed by atoms with Crippen LogP contribution in [0.2, 0.25) is 0 Å². The van der Waals surface area contributed by atoms with E-state index in [4.69, 9.17) is 9.47 Å². The number of carbonyl (C=O) groups is 2. The number of hydrogen-bond acceptors (Lipinski definition) is 6. The van der Waals surface area contributed by atoms with Crippen LogP contribution in [-0.2, 0) is 4.79 Å². The lowest BCUT2D eigenvalue weighted by Gasteiger charge is -2.14. The Bertz CT molecular complexity index is 590. The first-order valence-electron chi connectivity index (χ1n) is 7.96. The highest BCUT2D eigenvalue weighted by Crippen LogP contribution is 2.28. The van der Waals surface area contributed by atoms with Gasteiger partial charge < -0.3 is 25.2 Å². The molecule has 1 saturated heterocycles. The Morgan fingerprint density at radius 1 is 1.21 bits per heavy atom. The fourth-order valence-corrected chi connectivity index (χ4v) is 2.64. The standard InChI is InChI=1S/C17H24N2O5/c1-23-15-5-3-11(7-16(15)24-2)13(20)4-6-17(22)19-9-12-8-18-10-14(12)21/h3,5,7,12,14,18,21H,4,6,8-10H2,1-2H3,(H,19,22). The van der Waals surface area contributed by atoms with Gasteiger partial charge in [0.2, 0.25) is 5.91 Å². The van der Waals surface area contributed by atoms with Crippen molar-refractivity contribution in [1.82, 2.24) is 10.6 Å². The van der Waals surface area contributed by atoms with E-state index in [1.165, 1.54) is 14.2 Å². The van der Waals surface area contributed by atoms with Crippen molar-refractivity contribution in [3.63, 3.8) is 0 Å². The highest BCUT2D eigenvalue weighted by Gasteiger charge is 2.25. The Kier molecular flexibility index (Phi) is 6.57. The highest BCUT2D eigenvalue weighted by molar-refractivity contribution is 5.98. The van der Waals surface area contributed by atoms with E-state index in [9.17, 15) is 14.7 Å². The van der Waals surface area contributed by atoms with Crippen LogP contribution in [0.5, 0.6) is 11.5 Å². The van der Waals surface area contributed by atoms with Crippen LogP contribution in [0.15, 0.2) is 18.2 Å². The molecule has 0 saturated carbocycles. The summed E-state index contributed by atoms with van der Waals surface area (Å²) in [5, 5.41) is 15.5. The van der Waals surface area contributed by atoms with Crippen molar-refractivity contribution < 1.29 is 24.2 Å². The fraction of sp³-hybridized carbons (Fsp3) is 0.529. The van der Waals surface area contributed by atoms with Crippen molar-refractivity contribution in [1.29, 1.82) is 0 Å². The third-order valence-electron chi connectivity index (χ3n) is 4.15. The molecule has 1 amide bonds. The maximum absolute atomic E-state index is 12.2. The average molecular weight is 336 g/mol. The molecule has 2 rings (SSSR count). The van der Waals surface area contributed by atoms with Gasteiger partial charge in [0.15, 0.2) is 17.3 Å². The summed E-state index contributed by atoms with van der Waals surface area (Å²) in [5.74, 6) is 0.734. The Morgan fingerprint density at radius 3 is 2.58 bits per heavy atom. The summed E-state index contributed by atoms with van der Waals surface area (Å²) < 4.78 is 10.3. The molecular formula is C17H24N2O5. The molecule has 2 atom stereocenters. The molecule has 2 unspecified atom stereocenters. The number of hydrogen-bond donors (Lipinski definition) is 3. The van der Waals surface area contributed by atoms with E-state index in [2.05, 4.69) is 10.6 Å². The van der Waals surface area contributed by atoms with Crippen molar-refractivity contribution in [2.45, 2.75) is 18.9 Å². The van der Waals surface area contributed by atoms with Gasteiger partial charge in [-0.3, -0.25) is 9.59 Å². The summed E-state index contributed by atoms with van der Waals surface area (Å²) in [7, 11) is 3.03. The van der Waals surface area contributed by atoms with Crippen LogP contribution < -0.4 is 20.1 Å². The van der Waals surface area contributed by atoms with Gasteiger partial charge in [-0.1, -0.05) is 0 Å². The number of β-amino-alcohol motifs (C(OH)–C–C–N with tert-alkyl or cyclic N) is 1. The Balaban J connectivity index is 1.80. The minimum atomic E-state index is -0.432. The zero-order valence-corrected chi connectivity index (χ0v) is 14.0. The number of ketones is 1. The quantitative estimate of drug-likeness (QED) is 0.593. The molecular weight excluding hydrogens is 312 g/mol. The van der Waals surface area contributed by atoms with Gasteiger partial charge in [-0.2, -0.15) is 0 Å². The lowest BCUT2D eigenvalue weighted by atomic mass is 10.0. The molecule has 0 aromatic heterocycles. The zero-order chi connectivity index (χ0) is 17.5. The summed E-state index contributed by atoms with van der Waals surface area (Å²) in [6.07, 6.45) is -0.199. The molecule has 132 valence electrons. The van der Waals surface area contributed by atoms with Crippen molar-refractivity contribution in [2.75, 3.05) is 33.9 Å². The van der Waals surface area contributed by atoms with E-state index >= 15 is 0 Å². The van der Waals surface area contributed by atoms with Crippen LogP contribution in [0.4, 0.5) is 0 Å². The Morgan fingerprint density at radius 2 is 1.96 bits per heavy atom. The lowest BCUT2D eigenvalue weighted by molar-refractivity contribution is -0.121. The predicted octanol–water partition coefficient (Wildman–Crippen LogP) is 0.363. The third-order valence-corrected chi connectivity index (χ3v) is 4.15. The van der Waals surface area contributed by atoms with Gasteiger partial charge in [0, 0.05) is 44.0 Å². The zero-order valence-electron chi connectivity index (χ0n) is 14.0. The molecule has 24 heavy (non-hydrogen) atoms. The monoisotopic (exact) mass is 336 g/mol. The maximum Gasteiger partial charge on any atom is 0.220 e. The first-order valence-corrected chi connectivity index (χ1v) is 7.96. The summed E-state index contributed by atoms with van der Waals surface area (Å²) in [5.41, 5.74) is 0.482. The lowest BCUT2D eigenvalue weighted by Crippen LogP contribution is -2.34. The highest BCUT2D eigenvalue weighted by atomic mass is 16.5. The molecule has 1 aliphatic rings. The van der Waals surface area contributed by atoms with Gasteiger partial charge in [0.25, 0.3) is 0 Å². The van der Waals surface area contributed by atoms with E-state index in [1.54, 1.807) is 18.2 Å². The Hall–Kier alpha value is -2.12. The number of Topliss-reactive ketones (excluding diaryl/α,β-unsaturated/α-hetero) is 1. The van der Waals surface area contributed by atoms with E-state index < -0.39 is 6.10 Å². The molecule has 0 spiro atoms. The number of ether oxygens (including phenoxy) is 2. The van der Waals surface area contributed by atoms with Crippen LogP contribution in [0.1, 0.15) is 23.2 Å². The van der Waals surface area contributed by atoms with Gasteiger partial charge in [-0.05, 0) is 18.2 Å². The van der Waals surface area contributed by atoms with Gasteiger partial charge in [-0.15, -0.1) is 0 Å². The number of aliphatic hydroxyl groups is 1. The van der Waals surface area contributed by atoms with Crippen LogP contribution in [0.25, 0.3) is 0 Å². The van der Waals surface area contributed by atoms with E-state index in [0.717, 1.165) is 0 Å². The normalized spacial score (nSPS) is 19.8. The number of rotatable bonds is 8. The van der Waals surface area contributed by atoms with E-state index in [-0.39, 0.29) is 30.4 Å². The van der Waals surface area contributed by atoms with Gasteiger partial charge in [0.05, 0.1) is 20.3 Å². The number of benzene rings is 1. The van der Waals surface area contributed by atoms with Crippen LogP contribution in [0, 0.1) is 5.92 Å². The van der Waals surface area contributed by atoms with Crippen LogP contribution in [-0.4, -0.2) is 56.8 Å². The number of amides is 1. The third kappa shape index (κ3) is 4.69. The molecule has 0 aliphatic carbocycles. The van der Waals surface area contributed by atoms with Crippen molar-refractivity contribution >= 4 is 11.7 Å². The molecule has 3 N–H and O–H groups in total. The first-order chi connectivity index (χ1) is 11.5. The molecule has 1 aliphatic heterocycles. The summed E-state index contributed by atoms with van der Waals surface area (Å²) >= 11 is 0. The number of nitrogens with one attached hydrogen (secondary N) is 2. The summed E-state index contributed by atoms with van der Waals surface area (Å²) in [6, 6.07) is 4.93. The summed E-state index contributed by atoms with van der Waals surface area (Å²) in [4.78, 5) is 24.1. The van der Waals surface area contributed by atoms with Gasteiger partial charge in [-0.25, -0.2) is 0 Å². The van der Waals surface area contributed by atoms with Crippen LogP contribution in [0.3, 0.4) is 0 Å². The van der Waals surface area contributed by atoms with Crippen molar-refractivity contribution in [3.8, 4) is 11.5 Å². The molecule has 1 aromatic carbocycles. The average Bonchev–Trinajstić information content (AvgIpc) is 3.02. The number of methoxy groups -OCH3 is 2. The predicted molar refractivity (Wildman–Crippen MR) is 88.5 cm³/mol. The van der Waals surface area contributed by atoms with Gasteiger partial charge in [0.1, 0.15) is 0 Å². The molecule has 7 nitrogen and oxygen atoms in total.